The molecule has 4 heteroatoms. The summed E-state index contributed by atoms with van der Waals surface area (Å²) in [5.74, 6) is 0. The van der Waals surface area contributed by atoms with Crippen LogP contribution in [0.25, 0.3) is 89.5 Å². The lowest BCUT2D eigenvalue weighted by atomic mass is 9.97. The molecule has 0 bridgehead atoms. The van der Waals surface area contributed by atoms with E-state index >= 15 is 0 Å². The van der Waals surface area contributed by atoms with Gasteiger partial charge in [-0.2, -0.15) is 0 Å². The van der Waals surface area contributed by atoms with Gasteiger partial charge >= 0.3 is 0 Å². The summed E-state index contributed by atoms with van der Waals surface area (Å²) in [5.41, 5.74) is 27.8. The maximum Gasteiger partial charge on any atom is 0.213 e. The molecule has 0 aliphatic heterocycles. The average molecular weight is 1120 g/mol. The van der Waals surface area contributed by atoms with Crippen molar-refractivity contribution in [2.45, 2.75) is 62.2 Å². The van der Waals surface area contributed by atoms with Crippen LogP contribution in [-0.2, 0) is 28.2 Å². The van der Waals surface area contributed by atoms with Crippen molar-refractivity contribution in [2.24, 2.45) is 28.2 Å². The van der Waals surface area contributed by atoms with Gasteiger partial charge in [-0.15, -0.1) is 0 Å². The lowest BCUT2D eigenvalue weighted by molar-refractivity contribution is -0.660. The third-order valence-corrected chi connectivity index (χ3v) is 15.7. The van der Waals surface area contributed by atoms with E-state index in [1.54, 1.807) is 18.3 Å². The Morgan fingerprint density at radius 1 is 0.235 bits per heavy atom. The molecular weight excluding hydrogens is 1030 g/mol. The average Bonchev–Trinajstić information content (AvgIpc) is 0.914. The fourth-order valence-electron chi connectivity index (χ4n) is 11.1. The van der Waals surface area contributed by atoms with Crippen LogP contribution in [0, 0.1) is 62.2 Å². The highest BCUT2D eigenvalue weighted by atomic mass is 14.9. The van der Waals surface area contributed by atoms with E-state index in [-0.39, 0.29) is 0 Å². The molecule has 12 aromatic rings. The van der Waals surface area contributed by atoms with Crippen LogP contribution in [0.4, 0.5) is 0 Å². The van der Waals surface area contributed by atoms with Gasteiger partial charge in [-0.05, 0) is 153 Å². The SMILES string of the molecule is Cc1ccc(-c2cc(-c3ccccc3)c(C)c[n+]2C)c(C)c1.Cc1ccc(-c2cc(-c3ccccc3)cc[n+]2C)c(C)c1.[2H]C([2H])([2H])c1c[n+](C)c(-c2ccccc2C)cc1-c1ccccc1.[2H]C([2H])([2H])c1ccc(-c2cc(-c3ccccc3)cc[n+]2C)c(C)c1. The smallest absolute Gasteiger partial charge is 0.201 e. The molecule has 0 aliphatic rings. The van der Waals surface area contributed by atoms with E-state index in [0.717, 1.165) is 55.9 Å². The summed E-state index contributed by atoms with van der Waals surface area (Å²) in [6.45, 7) is 10.6. The Kier molecular flexibility index (Phi) is 17.0. The Balaban J connectivity index is 0.000000144. The highest BCUT2D eigenvalue weighted by Crippen LogP contribution is 2.32. The number of benzene rings is 8. The minimum atomic E-state index is -2.16. The summed E-state index contributed by atoms with van der Waals surface area (Å²) in [4.78, 5) is 0. The van der Waals surface area contributed by atoms with Gasteiger partial charge in [0.15, 0.2) is 24.8 Å². The summed E-state index contributed by atoms with van der Waals surface area (Å²) < 4.78 is 54.7. The highest BCUT2D eigenvalue weighted by Gasteiger charge is 2.20. The van der Waals surface area contributed by atoms with Crippen molar-refractivity contribution in [2.75, 3.05) is 0 Å². The molecule has 85 heavy (non-hydrogen) atoms. The number of pyridine rings is 4. The monoisotopic (exact) mass is 1120 g/mol. The van der Waals surface area contributed by atoms with Gasteiger partial charge in [-0.25, -0.2) is 18.3 Å². The van der Waals surface area contributed by atoms with Gasteiger partial charge in [0, 0.05) is 78.0 Å². The maximum atomic E-state index is 7.90. The highest BCUT2D eigenvalue weighted by molar-refractivity contribution is 5.75. The Morgan fingerprint density at radius 2 is 0.576 bits per heavy atom. The number of aromatic nitrogens is 4. The van der Waals surface area contributed by atoms with E-state index in [4.69, 9.17) is 8.22 Å². The molecule has 0 unspecified atom stereocenters. The number of nitrogens with zero attached hydrogens (tertiary/aromatic N) is 4. The molecule has 0 amide bonds. The fraction of sp³-hybridized carbons (Fsp3) is 0.160. The predicted octanol–water partition coefficient (Wildman–Crippen LogP) is 18.2. The molecule has 0 saturated heterocycles. The predicted molar refractivity (Wildman–Crippen MR) is 357 cm³/mol. The van der Waals surface area contributed by atoms with E-state index in [1.165, 1.54) is 72.6 Å². The summed E-state index contributed by atoms with van der Waals surface area (Å²) >= 11 is 0. The first-order valence-corrected chi connectivity index (χ1v) is 29.0. The molecule has 4 aromatic heterocycles. The van der Waals surface area contributed by atoms with Crippen LogP contribution in [0.2, 0.25) is 0 Å². The Bertz CT molecular complexity index is 4480. The van der Waals surface area contributed by atoms with Crippen LogP contribution < -0.4 is 18.3 Å². The first kappa shape index (κ1) is 52.2. The van der Waals surface area contributed by atoms with Crippen LogP contribution >= 0.6 is 0 Å². The van der Waals surface area contributed by atoms with Gasteiger partial charge in [-0.1, -0.05) is 193 Å². The van der Waals surface area contributed by atoms with Crippen molar-refractivity contribution in [3.63, 3.8) is 0 Å². The zero-order valence-corrected chi connectivity index (χ0v) is 51.1. The van der Waals surface area contributed by atoms with Crippen LogP contribution in [0.15, 0.2) is 261 Å². The Labute approximate surface area is 515 Å². The first-order chi connectivity index (χ1) is 43.4. The number of aryl methyl sites for hydroxylation is 13. The second-order valence-electron chi connectivity index (χ2n) is 22.2. The molecule has 0 N–H and O–H groups in total. The summed E-state index contributed by atoms with van der Waals surface area (Å²) in [7, 11) is 8.12. The molecule has 0 fully saturated rings. The van der Waals surface area contributed by atoms with E-state index in [0.29, 0.717) is 11.1 Å². The molecule has 422 valence electrons. The molecule has 4 heterocycles. The van der Waals surface area contributed by atoms with E-state index in [1.807, 2.05) is 105 Å². The van der Waals surface area contributed by atoms with Crippen molar-refractivity contribution >= 4 is 0 Å². The third-order valence-electron chi connectivity index (χ3n) is 15.7. The number of hydrogen-bond donors (Lipinski definition) is 0. The zero-order valence-electron chi connectivity index (χ0n) is 57.1. The van der Waals surface area contributed by atoms with Gasteiger partial charge in [0.1, 0.15) is 28.2 Å². The van der Waals surface area contributed by atoms with Crippen molar-refractivity contribution in [3.8, 4) is 89.5 Å². The normalized spacial score (nSPS) is 12.0. The first-order valence-electron chi connectivity index (χ1n) is 32.0. The van der Waals surface area contributed by atoms with Gasteiger partial charge in [0.05, 0.1) is 0 Å². The second-order valence-corrected chi connectivity index (χ2v) is 22.2. The summed E-state index contributed by atoms with van der Waals surface area (Å²) in [6, 6.07) is 80.8. The van der Waals surface area contributed by atoms with Gasteiger partial charge < -0.3 is 0 Å². The Morgan fingerprint density at radius 3 is 0.976 bits per heavy atom. The molecular formula is C81H82N4+4. The third kappa shape index (κ3) is 14.8. The van der Waals surface area contributed by atoms with Crippen LogP contribution in [0.1, 0.15) is 58.3 Å². The lowest BCUT2D eigenvalue weighted by Gasteiger charge is -2.10. The molecule has 12 rings (SSSR count). The molecule has 0 aliphatic carbocycles. The lowest BCUT2D eigenvalue weighted by Crippen LogP contribution is -2.31. The summed E-state index contributed by atoms with van der Waals surface area (Å²) in [5, 5.41) is 0. The van der Waals surface area contributed by atoms with Gasteiger partial charge in [0.2, 0.25) is 22.8 Å². The van der Waals surface area contributed by atoms with E-state index in [9.17, 15) is 0 Å². The maximum absolute atomic E-state index is 7.90. The largest absolute Gasteiger partial charge is 0.213 e. The summed E-state index contributed by atoms with van der Waals surface area (Å²) in [6.07, 6.45) is 8.12. The minimum Gasteiger partial charge on any atom is -0.201 e. The fourth-order valence-corrected chi connectivity index (χ4v) is 11.1. The standard InChI is InChI=1S/C21H22N.3C20H20N/c1-15-10-11-19(16(2)12-15)21-13-20(17(3)14-22(21)4)18-8-6-5-7-9-18;1-15-9-7-8-12-18(15)20-13-19(16(2)14-21(20)3)17-10-5-4-6-11-17;2*1-15-9-10-19(16(2)13-15)20-14-18(11-12-21(20)3)17-7-5-4-6-8-17/h5-14H,1-4H3;3*4-14H,1-3H3/q4*+1/i;2D3;1D3;. The topological polar surface area (TPSA) is 15.5 Å². The number of hydrogen-bond acceptors (Lipinski definition) is 0. The van der Waals surface area contributed by atoms with Crippen molar-refractivity contribution in [3.05, 3.63) is 311 Å². The van der Waals surface area contributed by atoms with Gasteiger partial charge in [0.25, 0.3) is 0 Å². The molecule has 0 saturated carbocycles. The zero-order chi connectivity index (χ0) is 65.1. The van der Waals surface area contributed by atoms with E-state index < -0.39 is 13.7 Å². The number of rotatable bonds is 8. The van der Waals surface area contributed by atoms with Crippen LogP contribution in [0.5, 0.6) is 0 Å². The van der Waals surface area contributed by atoms with Crippen molar-refractivity contribution in [1.82, 2.24) is 0 Å². The second kappa shape index (κ2) is 27.6. The van der Waals surface area contributed by atoms with Crippen LogP contribution in [-0.4, -0.2) is 0 Å². The van der Waals surface area contributed by atoms with Crippen molar-refractivity contribution < 1.29 is 26.5 Å². The quantitative estimate of drug-likeness (QED) is 0.135. The van der Waals surface area contributed by atoms with Crippen molar-refractivity contribution in [1.29, 1.82) is 0 Å². The molecule has 0 spiro atoms. The molecule has 0 atom stereocenters. The molecule has 0 radical (unpaired) electrons. The minimum absolute atomic E-state index is 0.369. The molecule has 8 aromatic carbocycles. The molecule has 4 nitrogen and oxygen atoms in total. The van der Waals surface area contributed by atoms with Gasteiger partial charge in [-0.3, -0.25) is 0 Å². The van der Waals surface area contributed by atoms with Crippen LogP contribution in [0.3, 0.4) is 0 Å². The Hall–Kier alpha value is -9.64. The van der Waals surface area contributed by atoms with E-state index in [2.05, 4.69) is 233 Å².